The molecule has 0 spiro atoms. The van der Waals surface area contributed by atoms with E-state index in [0.717, 1.165) is 53.6 Å². The molecule has 1 aromatic carbocycles. The van der Waals surface area contributed by atoms with E-state index >= 15 is 0 Å². The summed E-state index contributed by atoms with van der Waals surface area (Å²) in [5.41, 5.74) is 3.35. The molecule has 33 heavy (non-hydrogen) atoms. The number of para-hydroxylation sites is 1. The molecule has 2 amide bonds. The second-order valence-electron chi connectivity index (χ2n) is 8.10. The SMILES string of the molecule is CNC(=O)c1cc2c(s1)-c1ccccc1N(C(=O)c1cccc(N3CCCOCC3)n1)CC2. The molecule has 1 N–H and O–H groups in total. The standard InChI is InChI=1S/C25H26N4O3S/c1-26-24(30)21-16-17-10-12-29(20-8-3-2-6-18(20)23(17)33-21)25(31)19-7-4-9-22(27-19)28-11-5-14-32-15-13-28/h2-4,6-9,16H,5,10-15H2,1H3,(H,26,30). The van der Waals surface area contributed by atoms with E-state index in [1.165, 1.54) is 11.3 Å². The van der Waals surface area contributed by atoms with Gasteiger partial charge in [0.2, 0.25) is 0 Å². The van der Waals surface area contributed by atoms with Gasteiger partial charge in [-0.25, -0.2) is 4.98 Å². The van der Waals surface area contributed by atoms with Gasteiger partial charge in [0.1, 0.15) is 11.5 Å². The van der Waals surface area contributed by atoms with E-state index < -0.39 is 0 Å². The maximum atomic E-state index is 13.7. The number of carbonyl (C=O) groups excluding carboxylic acids is 2. The second kappa shape index (κ2) is 9.33. The minimum Gasteiger partial charge on any atom is -0.380 e. The Morgan fingerprint density at radius 2 is 1.94 bits per heavy atom. The molecule has 5 rings (SSSR count). The van der Waals surface area contributed by atoms with Crippen molar-refractivity contribution in [1.82, 2.24) is 10.3 Å². The number of rotatable bonds is 3. The summed E-state index contributed by atoms with van der Waals surface area (Å²) in [6.45, 7) is 3.58. The van der Waals surface area contributed by atoms with Crippen molar-refractivity contribution >= 4 is 34.7 Å². The normalized spacial score (nSPS) is 15.8. The lowest BCUT2D eigenvalue weighted by atomic mass is 10.1. The van der Waals surface area contributed by atoms with Gasteiger partial charge in [0.15, 0.2) is 0 Å². The predicted octanol–water partition coefficient (Wildman–Crippen LogP) is 3.60. The Morgan fingerprint density at radius 1 is 1.06 bits per heavy atom. The third kappa shape index (κ3) is 4.24. The molecule has 0 aliphatic carbocycles. The van der Waals surface area contributed by atoms with Crippen molar-refractivity contribution in [1.29, 1.82) is 0 Å². The third-order valence-electron chi connectivity index (χ3n) is 6.05. The van der Waals surface area contributed by atoms with Crippen LogP contribution in [0.25, 0.3) is 10.4 Å². The van der Waals surface area contributed by atoms with E-state index in [1.54, 1.807) is 13.1 Å². The van der Waals surface area contributed by atoms with Gasteiger partial charge in [-0.2, -0.15) is 0 Å². The van der Waals surface area contributed by atoms with Crippen LogP contribution in [0.1, 0.15) is 32.1 Å². The number of thiophene rings is 1. The first kappa shape index (κ1) is 21.6. The highest BCUT2D eigenvalue weighted by Gasteiger charge is 2.28. The first-order chi connectivity index (χ1) is 16.2. The minimum absolute atomic E-state index is 0.0848. The summed E-state index contributed by atoms with van der Waals surface area (Å²) in [5, 5.41) is 2.70. The number of amides is 2. The number of hydrogen-bond acceptors (Lipinski definition) is 6. The van der Waals surface area contributed by atoms with Gasteiger partial charge in [0.05, 0.1) is 17.2 Å². The minimum atomic E-state index is -0.114. The van der Waals surface area contributed by atoms with E-state index in [0.29, 0.717) is 30.1 Å². The van der Waals surface area contributed by atoms with Crippen molar-refractivity contribution in [2.24, 2.45) is 0 Å². The Balaban J connectivity index is 1.48. The number of hydrogen-bond donors (Lipinski definition) is 1. The maximum Gasteiger partial charge on any atom is 0.276 e. The van der Waals surface area contributed by atoms with Gasteiger partial charge in [0.25, 0.3) is 11.8 Å². The largest absolute Gasteiger partial charge is 0.380 e. The van der Waals surface area contributed by atoms with Crippen LogP contribution in [0, 0.1) is 0 Å². The van der Waals surface area contributed by atoms with Gasteiger partial charge in [-0.3, -0.25) is 9.59 Å². The summed E-state index contributed by atoms with van der Waals surface area (Å²) in [6, 6.07) is 15.5. The monoisotopic (exact) mass is 462 g/mol. The molecule has 0 bridgehead atoms. The van der Waals surface area contributed by atoms with E-state index in [2.05, 4.69) is 10.2 Å². The Hall–Kier alpha value is -3.23. The molecular formula is C25H26N4O3S. The van der Waals surface area contributed by atoms with Crippen molar-refractivity contribution in [2.75, 3.05) is 49.7 Å². The Morgan fingerprint density at radius 3 is 2.82 bits per heavy atom. The summed E-state index contributed by atoms with van der Waals surface area (Å²) in [6.07, 6.45) is 1.62. The fourth-order valence-corrected chi connectivity index (χ4v) is 5.56. The van der Waals surface area contributed by atoms with Crippen molar-refractivity contribution in [3.8, 4) is 10.4 Å². The number of pyridine rings is 1. The molecule has 0 unspecified atom stereocenters. The quantitative estimate of drug-likeness (QED) is 0.644. The molecule has 2 aromatic heterocycles. The van der Waals surface area contributed by atoms with Crippen LogP contribution in [0.2, 0.25) is 0 Å². The summed E-state index contributed by atoms with van der Waals surface area (Å²) in [7, 11) is 1.64. The predicted molar refractivity (Wildman–Crippen MR) is 130 cm³/mol. The Bertz CT molecular complexity index is 1180. The van der Waals surface area contributed by atoms with Crippen LogP contribution >= 0.6 is 11.3 Å². The van der Waals surface area contributed by atoms with E-state index in [1.807, 2.05) is 47.4 Å². The summed E-state index contributed by atoms with van der Waals surface area (Å²) in [5.74, 6) is 0.610. The van der Waals surface area contributed by atoms with Crippen LogP contribution in [0.15, 0.2) is 48.5 Å². The van der Waals surface area contributed by atoms with Gasteiger partial charge >= 0.3 is 0 Å². The molecule has 170 valence electrons. The Labute approximate surface area is 197 Å². The smallest absolute Gasteiger partial charge is 0.276 e. The van der Waals surface area contributed by atoms with Gasteiger partial charge in [-0.15, -0.1) is 11.3 Å². The van der Waals surface area contributed by atoms with Crippen LogP contribution in [-0.2, 0) is 11.2 Å². The third-order valence-corrected chi connectivity index (χ3v) is 7.26. The molecule has 7 nitrogen and oxygen atoms in total. The molecule has 4 heterocycles. The van der Waals surface area contributed by atoms with E-state index in [-0.39, 0.29) is 11.8 Å². The zero-order valence-electron chi connectivity index (χ0n) is 18.5. The zero-order chi connectivity index (χ0) is 22.8. The van der Waals surface area contributed by atoms with E-state index in [4.69, 9.17) is 9.72 Å². The number of nitrogens with zero attached hydrogens (tertiary/aromatic N) is 3. The molecule has 0 saturated carbocycles. The van der Waals surface area contributed by atoms with Crippen molar-refractivity contribution in [2.45, 2.75) is 12.8 Å². The average Bonchev–Trinajstić information content (AvgIpc) is 3.01. The second-order valence-corrected chi connectivity index (χ2v) is 9.15. The number of benzene rings is 1. The topological polar surface area (TPSA) is 74.8 Å². The first-order valence-electron chi connectivity index (χ1n) is 11.2. The van der Waals surface area contributed by atoms with Crippen LogP contribution in [0.4, 0.5) is 11.5 Å². The molecule has 0 atom stereocenters. The van der Waals surface area contributed by atoms with Crippen molar-refractivity contribution in [3.63, 3.8) is 0 Å². The fraction of sp³-hybridized carbons (Fsp3) is 0.320. The molecule has 8 heteroatoms. The number of nitrogens with one attached hydrogen (secondary N) is 1. The van der Waals surface area contributed by atoms with Crippen LogP contribution < -0.4 is 15.1 Å². The van der Waals surface area contributed by atoms with Crippen molar-refractivity contribution < 1.29 is 14.3 Å². The van der Waals surface area contributed by atoms with Gasteiger partial charge in [-0.05, 0) is 42.7 Å². The van der Waals surface area contributed by atoms with Crippen LogP contribution in [0.3, 0.4) is 0 Å². The summed E-state index contributed by atoms with van der Waals surface area (Å²) < 4.78 is 5.56. The molecule has 1 saturated heterocycles. The lowest BCUT2D eigenvalue weighted by molar-refractivity contribution is 0.0963. The van der Waals surface area contributed by atoms with Gasteiger partial charge in [-0.1, -0.05) is 24.3 Å². The maximum absolute atomic E-state index is 13.7. The van der Waals surface area contributed by atoms with Gasteiger partial charge in [0, 0.05) is 43.7 Å². The molecule has 2 aliphatic rings. The van der Waals surface area contributed by atoms with Crippen LogP contribution in [-0.4, -0.2) is 56.7 Å². The Kier molecular flexibility index (Phi) is 6.11. The number of anilines is 2. The molecule has 2 aliphatic heterocycles. The molecule has 1 fully saturated rings. The number of fused-ring (bicyclic) bond motifs is 3. The summed E-state index contributed by atoms with van der Waals surface area (Å²) in [4.78, 5) is 36.3. The van der Waals surface area contributed by atoms with E-state index in [9.17, 15) is 9.59 Å². The highest BCUT2D eigenvalue weighted by Crippen LogP contribution is 2.41. The van der Waals surface area contributed by atoms with Crippen LogP contribution in [0.5, 0.6) is 0 Å². The summed E-state index contributed by atoms with van der Waals surface area (Å²) >= 11 is 1.47. The van der Waals surface area contributed by atoms with Gasteiger partial charge < -0.3 is 19.9 Å². The lowest BCUT2D eigenvalue weighted by Crippen LogP contribution is -2.34. The fourth-order valence-electron chi connectivity index (χ4n) is 4.37. The molecule has 3 aromatic rings. The molecule has 0 radical (unpaired) electrons. The average molecular weight is 463 g/mol. The highest BCUT2D eigenvalue weighted by atomic mass is 32.1. The van der Waals surface area contributed by atoms with Crippen molar-refractivity contribution in [3.05, 3.63) is 64.7 Å². The number of aromatic nitrogens is 1. The molecular weight excluding hydrogens is 436 g/mol. The lowest BCUT2D eigenvalue weighted by Gasteiger charge is -2.24. The zero-order valence-corrected chi connectivity index (χ0v) is 19.4. The number of ether oxygens (including phenoxy) is 1. The number of carbonyl (C=O) groups is 2. The first-order valence-corrected chi connectivity index (χ1v) is 12.0. The highest BCUT2D eigenvalue weighted by molar-refractivity contribution is 7.17.